The third-order valence-electron chi connectivity index (χ3n) is 3.88. The number of hydrogen-bond donors (Lipinski definition) is 0. The number of aromatic nitrogens is 1. The Kier molecular flexibility index (Phi) is 4.33. The first-order valence-electron chi connectivity index (χ1n) is 7.21. The summed E-state index contributed by atoms with van der Waals surface area (Å²) in [7, 11) is 1.72. The third kappa shape index (κ3) is 3.24. The summed E-state index contributed by atoms with van der Waals surface area (Å²) >= 11 is 6.08. The van der Waals surface area contributed by atoms with Crippen LogP contribution in [-0.4, -0.2) is 30.8 Å². The highest BCUT2D eigenvalue weighted by atomic mass is 35.5. The van der Waals surface area contributed by atoms with Crippen molar-refractivity contribution in [3.05, 3.63) is 59.4 Å². The Morgan fingerprint density at radius 1 is 1.27 bits per heavy atom. The van der Waals surface area contributed by atoms with Gasteiger partial charge in [-0.1, -0.05) is 29.7 Å². The van der Waals surface area contributed by atoms with Gasteiger partial charge in [0.1, 0.15) is 11.3 Å². The van der Waals surface area contributed by atoms with Gasteiger partial charge < -0.3 is 9.64 Å². The third-order valence-corrected chi connectivity index (χ3v) is 4.11. The summed E-state index contributed by atoms with van der Waals surface area (Å²) in [5, 5.41) is 0.743. The molecular weight excluding hydrogens is 296 g/mol. The predicted molar refractivity (Wildman–Crippen MR) is 89.1 cm³/mol. The summed E-state index contributed by atoms with van der Waals surface area (Å²) < 4.78 is 5.73. The molecule has 0 bridgehead atoms. The second kappa shape index (κ2) is 6.39. The van der Waals surface area contributed by atoms with Crippen molar-refractivity contribution in [2.45, 2.75) is 12.0 Å². The van der Waals surface area contributed by atoms with Gasteiger partial charge in [-0.05, 0) is 36.3 Å². The van der Waals surface area contributed by atoms with Gasteiger partial charge >= 0.3 is 0 Å². The number of rotatable bonds is 2. The number of methoxy groups -OCH3 is 1. The van der Waals surface area contributed by atoms with Crippen LogP contribution in [0.15, 0.2) is 48.7 Å². The molecule has 0 spiro atoms. The van der Waals surface area contributed by atoms with Gasteiger partial charge in [-0.3, -0.25) is 0 Å². The number of pyridine rings is 1. The predicted octanol–water partition coefficient (Wildman–Crippen LogP) is 3.38. The van der Waals surface area contributed by atoms with Crippen molar-refractivity contribution in [3.63, 3.8) is 0 Å². The lowest BCUT2D eigenvalue weighted by Gasteiger charge is -2.23. The topological polar surface area (TPSA) is 25.4 Å². The van der Waals surface area contributed by atoms with Gasteiger partial charge in [0.25, 0.3) is 0 Å². The smallest absolute Gasteiger partial charge is 0.147 e. The standard InChI is InChI=1S/C18H17ClN2O/c1-22-18(9-8-16-6-2-3-11-20-16)10-12-21(14-18)17-7-4-5-15(19)13-17/h2-7,11,13H,10,12,14H2,1H3. The molecule has 2 heterocycles. The Labute approximate surface area is 135 Å². The number of hydrogen-bond acceptors (Lipinski definition) is 3. The molecular formula is C18H17ClN2O. The molecule has 1 unspecified atom stereocenters. The van der Waals surface area contributed by atoms with Crippen LogP contribution in [-0.2, 0) is 4.74 Å². The molecule has 1 fully saturated rings. The van der Waals surface area contributed by atoms with Crippen LogP contribution in [0.3, 0.4) is 0 Å². The first-order chi connectivity index (χ1) is 10.7. The van der Waals surface area contributed by atoms with Crippen LogP contribution >= 0.6 is 11.6 Å². The fourth-order valence-corrected chi connectivity index (χ4v) is 2.79. The Morgan fingerprint density at radius 2 is 2.18 bits per heavy atom. The number of nitrogens with zero attached hydrogens (tertiary/aromatic N) is 2. The van der Waals surface area contributed by atoms with Crippen LogP contribution in [0, 0.1) is 11.8 Å². The molecule has 112 valence electrons. The van der Waals surface area contributed by atoms with E-state index in [1.54, 1.807) is 13.3 Å². The molecule has 1 aromatic heterocycles. The maximum atomic E-state index is 6.08. The largest absolute Gasteiger partial charge is 0.367 e. The van der Waals surface area contributed by atoms with E-state index >= 15 is 0 Å². The normalized spacial score (nSPS) is 20.5. The van der Waals surface area contributed by atoms with Crippen molar-refractivity contribution in [1.82, 2.24) is 4.98 Å². The van der Waals surface area contributed by atoms with E-state index in [0.717, 1.165) is 35.9 Å². The Balaban J connectivity index is 1.80. The van der Waals surface area contributed by atoms with Crippen molar-refractivity contribution in [1.29, 1.82) is 0 Å². The van der Waals surface area contributed by atoms with Crippen LogP contribution in [0.1, 0.15) is 12.1 Å². The molecule has 0 aliphatic carbocycles. The summed E-state index contributed by atoms with van der Waals surface area (Å²) in [4.78, 5) is 6.49. The van der Waals surface area contributed by atoms with Gasteiger partial charge in [-0.15, -0.1) is 0 Å². The van der Waals surface area contributed by atoms with Gasteiger partial charge in [-0.25, -0.2) is 4.98 Å². The highest BCUT2D eigenvalue weighted by Gasteiger charge is 2.37. The van der Waals surface area contributed by atoms with Gasteiger partial charge in [-0.2, -0.15) is 0 Å². The van der Waals surface area contributed by atoms with Crippen LogP contribution < -0.4 is 4.90 Å². The molecule has 3 nitrogen and oxygen atoms in total. The molecule has 0 radical (unpaired) electrons. The minimum atomic E-state index is -0.458. The Hall–Kier alpha value is -2.02. The SMILES string of the molecule is COC1(C#Cc2ccccn2)CCN(c2cccc(Cl)c2)C1. The minimum absolute atomic E-state index is 0.458. The van der Waals surface area contributed by atoms with E-state index < -0.39 is 5.60 Å². The van der Waals surface area contributed by atoms with Gasteiger partial charge in [0.2, 0.25) is 0 Å². The first-order valence-corrected chi connectivity index (χ1v) is 7.58. The average molecular weight is 313 g/mol. The fraction of sp³-hybridized carbons (Fsp3) is 0.278. The second-order valence-corrected chi connectivity index (χ2v) is 5.75. The molecule has 0 amide bonds. The lowest BCUT2D eigenvalue weighted by Crippen LogP contribution is -2.34. The molecule has 1 aliphatic rings. The van der Waals surface area contributed by atoms with E-state index in [0.29, 0.717) is 0 Å². The summed E-state index contributed by atoms with van der Waals surface area (Å²) in [6, 6.07) is 13.6. The van der Waals surface area contributed by atoms with E-state index in [1.807, 2.05) is 36.4 Å². The van der Waals surface area contributed by atoms with Crippen molar-refractivity contribution in [3.8, 4) is 11.8 Å². The Morgan fingerprint density at radius 3 is 2.91 bits per heavy atom. The van der Waals surface area contributed by atoms with Crippen LogP contribution in [0.2, 0.25) is 5.02 Å². The molecule has 2 aromatic rings. The zero-order chi connectivity index (χ0) is 15.4. The van der Waals surface area contributed by atoms with E-state index in [1.165, 1.54) is 0 Å². The van der Waals surface area contributed by atoms with Crippen LogP contribution in [0.4, 0.5) is 5.69 Å². The molecule has 1 saturated heterocycles. The highest BCUT2D eigenvalue weighted by Crippen LogP contribution is 2.30. The molecule has 1 aromatic carbocycles. The monoisotopic (exact) mass is 312 g/mol. The number of halogens is 1. The van der Waals surface area contributed by atoms with E-state index in [4.69, 9.17) is 16.3 Å². The lowest BCUT2D eigenvalue weighted by atomic mass is 10.0. The summed E-state index contributed by atoms with van der Waals surface area (Å²) in [6.45, 7) is 1.62. The quantitative estimate of drug-likeness (QED) is 0.795. The zero-order valence-corrected chi connectivity index (χ0v) is 13.2. The van der Waals surface area contributed by atoms with Crippen molar-refractivity contribution in [2.75, 3.05) is 25.1 Å². The maximum absolute atomic E-state index is 6.08. The average Bonchev–Trinajstić information content (AvgIpc) is 2.99. The summed E-state index contributed by atoms with van der Waals surface area (Å²) in [6.07, 6.45) is 2.60. The number of benzene rings is 1. The van der Waals surface area contributed by atoms with Crippen LogP contribution in [0.25, 0.3) is 0 Å². The van der Waals surface area contributed by atoms with Crippen molar-refractivity contribution in [2.24, 2.45) is 0 Å². The first kappa shape index (κ1) is 14.9. The van der Waals surface area contributed by atoms with Crippen LogP contribution in [0.5, 0.6) is 0 Å². The lowest BCUT2D eigenvalue weighted by molar-refractivity contribution is 0.0602. The maximum Gasteiger partial charge on any atom is 0.147 e. The van der Waals surface area contributed by atoms with Crippen molar-refractivity contribution < 1.29 is 4.74 Å². The van der Waals surface area contributed by atoms with E-state index in [-0.39, 0.29) is 0 Å². The molecule has 1 aliphatic heterocycles. The summed E-state index contributed by atoms with van der Waals surface area (Å²) in [5.41, 5.74) is 1.41. The van der Waals surface area contributed by atoms with Gasteiger partial charge in [0.15, 0.2) is 0 Å². The Bertz CT molecular complexity index is 708. The molecule has 0 N–H and O–H groups in total. The fourth-order valence-electron chi connectivity index (χ4n) is 2.61. The molecule has 22 heavy (non-hydrogen) atoms. The molecule has 1 atom stereocenters. The van der Waals surface area contributed by atoms with E-state index in [9.17, 15) is 0 Å². The zero-order valence-electron chi connectivity index (χ0n) is 12.4. The van der Waals surface area contributed by atoms with Gasteiger partial charge in [0, 0.05) is 37.0 Å². The number of anilines is 1. The van der Waals surface area contributed by atoms with Gasteiger partial charge in [0.05, 0.1) is 6.54 Å². The molecule has 4 heteroatoms. The molecule has 3 rings (SSSR count). The number of ether oxygens (including phenoxy) is 1. The minimum Gasteiger partial charge on any atom is -0.367 e. The highest BCUT2D eigenvalue weighted by molar-refractivity contribution is 6.30. The summed E-state index contributed by atoms with van der Waals surface area (Å²) in [5.74, 6) is 6.39. The van der Waals surface area contributed by atoms with E-state index in [2.05, 4.69) is 27.8 Å². The van der Waals surface area contributed by atoms with Crippen molar-refractivity contribution >= 4 is 17.3 Å². The molecule has 0 saturated carbocycles. The second-order valence-electron chi connectivity index (χ2n) is 5.31.